The molecular weight excluding hydrogens is 140 g/mol. The summed E-state index contributed by atoms with van der Waals surface area (Å²) in [6.07, 6.45) is 5.15. The number of unbranched alkanes of at least 4 members (excludes halogenated alkanes) is 3. The maximum Gasteiger partial charge on any atom is 0.305 e. The Labute approximate surface area is 68.9 Å². The zero-order valence-corrected chi connectivity index (χ0v) is 7.56. The fourth-order valence-electron chi connectivity index (χ4n) is 0.929. The lowest BCUT2D eigenvalue weighted by Crippen LogP contribution is -2.02. The van der Waals surface area contributed by atoms with Gasteiger partial charge >= 0.3 is 5.97 Å². The van der Waals surface area contributed by atoms with Crippen molar-refractivity contribution in [3.05, 3.63) is 0 Å². The number of carbonyl (C=O) groups is 1. The van der Waals surface area contributed by atoms with Gasteiger partial charge in [0.25, 0.3) is 0 Å². The van der Waals surface area contributed by atoms with Crippen molar-refractivity contribution < 1.29 is 9.53 Å². The minimum absolute atomic E-state index is 0.0522. The van der Waals surface area contributed by atoms with Crippen molar-refractivity contribution in [2.75, 3.05) is 6.61 Å². The van der Waals surface area contributed by atoms with Crippen molar-refractivity contribution in [1.29, 1.82) is 0 Å². The van der Waals surface area contributed by atoms with E-state index in [1.54, 1.807) is 0 Å². The van der Waals surface area contributed by atoms with Gasteiger partial charge in [0, 0.05) is 6.42 Å². The second-order valence-electron chi connectivity index (χ2n) is 2.62. The molecule has 0 fully saturated rings. The molecule has 11 heavy (non-hydrogen) atoms. The molecule has 0 aromatic carbocycles. The molecular formula is C9H18O2. The van der Waals surface area contributed by atoms with Crippen molar-refractivity contribution >= 4 is 5.97 Å². The summed E-state index contributed by atoms with van der Waals surface area (Å²) in [5.74, 6) is -0.0522. The summed E-state index contributed by atoms with van der Waals surface area (Å²) in [4.78, 5) is 10.8. The van der Waals surface area contributed by atoms with Crippen LogP contribution in [0.2, 0.25) is 0 Å². The van der Waals surface area contributed by atoms with Gasteiger partial charge in [-0.15, -0.1) is 0 Å². The van der Waals surface area contributed by atoms with Crippen LogP contribution in [-0.4, -0.2) is 12.6 Å². The summed E-state index contributed by atoms with van der Waals surface area (Å²) in [5, 5.41) is 0. The standard InChI is InChI=1S/C9H18O2/c1-3-5-6-7-8-9(10)11-4-2/h3-8H2,1-2H3. The van der Waals surface area contributed by atoms with Crippen molar-refractivity contribution in [2.45, 2.75) is 46.0 Å². The van der Waals surface area contributed by atoms with Crippen molar-refractivity contribution in [2.24, 2.45) is 0 Å². The maximum absolute atomic E-state index is 10.8. The van der Waals surface area contributed by atoms with Crippen LogP contribution in [0.4, 0.5) is 0 Å². The molecule has 2 heteroatoms. The highest BCUT2D eigenvalue weighted by Gasteiger charge is 1.99. The molecule has 0 amide bonds. The fraction of sp³-hybridized carbons (Fsp3) is 0.889. The molecule has 0 atom stereocenters. The molecule has 0 aromatic heterocycles. The van der Waals surface area contributed by atoms with E-state index in [-0.39, 0.29) is 5.97 Å². The minimum atomic E-state index is -0.0522. The molecule has 0 unspecified atom stereocenters. The highest BCUT2D eigenvalue weighted by molar-refractivity contribution is 5.69. The smallest absolute Gasteiger partial charge is 0.305 e. The molecule has 0 saturated heterocycles. The molecule has 0 aliphatic heterocycles. The Kier molecular flexibility index (Phi) is 7.21. The van der Waals surface area contributed by atoms with E-state index in [1.807, 2.05) is 6.92 Å². The Morgan fingerprint density at radius 1 is 1.18 bits per heavy atom. The Hall–Kier alpha value is -0.530. The molecule has 0 heterocycles. The van der Waals surface area contributed by atoms with Crippen LogP contribution >= 0.6 is 0 Å². The van der Waals surface area contributed by atoms with Gasteiger partial charge in [0.15, 0.2) is 0 Å². The van der Waals surface area contributed by atoms with Gasteiger partial charge in [-0.1, -0.05) is 26.2 Å². The van der Waals surface area contributed by atoms with Crippen LogP contribution in [0.1, 0.15) is 46.0 Å². The number of hydrogen-bond acceptors (Lipinski definition) is 2. The second kappa shape index (κ2) is 7.58. The SMILES string of the molecule is CCCCCCC(=O)OCC. The topological polar surface area (TPSA) is 26.3 Å². The van der Waals surface area contributed by atoms with E-state index in [1.165, 1.54) is 12.8 Å². The molecule has 0 aliphatic carbocycles. The third-order valence-corrected chi connectivity index (χ3v) is 1.54. The summed E-state index contributed by atoms with van der Waals surface area (Å²) < 4.78 is 4.78. The molecule has 0 bridgehead atoms. The number of ether oxygens (including phenoxy) is 1. The van der Waals surface area contributed by atoms with E-state index in [0.29, 0.717) is 13.0 Å². The van der Waals surface area contributed by atoms with Crippen LogP contribution in [0.15, 0.2) is 0 Å². The van der Waals surface area contributed by atoms with Crippen molar-refractivity contribution in [3.8, 4) is 0 Å². The zero-order valence-electron chi connectivity index (χ0n) is 7.56. The van der Waals surface area contributed by atoms with Gasteiger partial charge in [-0.25, -0.2) is 0 Å². The third-order valence-electron chi connectivity index (χ3n) is 1.54. The van der Waals surface area contributed by atoms with Crippen molar-refractivity contribution in [3.63, 3.8) is 0 Å². The van der Waals surface area contributed by atoms with E-state index in [2.05, 4.69) is 6.92 Å². The van der Waals surface area contributed by atoms with E-state index in [9.17, 15) is 4.79 Å². The van der Waals surface area contributed by atoms with E-state index >= 15 is 0 Å². The first kappa shape index (κ1) is 10.5. The predicted octanol–water partition coefficient (Wildman–Crippen LogP) is 2.52. The average Bonchev–Trinajstić information content (AvgIpc) is 1.99. The molecule has 0 N–H and O–H groups in total. The summed E-state index contributed by atoms with van der Waals surface area (Å²) in [6.45, 7) is 4.50. The number of hydrogen-bond donors (Lipinski definition) is 0. The lowest BCUT2D eigenvalue weighted by atomic mass is 10.2. The zero-order chi connectivity index (χ0) is 8.53. The fourth-order valence-corrected chi connectivity index (χ4v) is 0.929. The Morgan fingerprint density at radius 2 is 1.91 bits per heavy atom. The molecule has 0 saturated carbocycles. The normalized spacial score (nSPS) is 9.64. The first-order valence-electron chi connectivity index (χ1n) is 4.46. The van der Waals surface area contributed by atoms with Gasteiger partial charge in [-0.2, -0.15) is 0 Å². The molecule has 66 valence electrons. The van der Waals surface area contributed by atoms with E-state index in [4.69, 9.17) is 4.74 Å². The Balaban J connectivity index is 3.04. The number of rotatable bonds is 6. The number of esters is 1. The van der Waals surface area contributed by atoms with Gasteiger partial charge < -0.3 is 4.74 Å². The number of carbonyl (C=O) groups excluding carboxylic acids is 1. The van der Waals surface area contributed by atoms with Crippen LogP contribution in [0.3, 0.4) is 0 Å². The lowest BCUT2D eigenvalue weighted by molar-refractivity contribution is -0.143. The molecule has 2 nitrogen and oxygen atoms in total. The highest BCUT2D eigenvalue weighted by atomic mass is 16.5. The third kappa shape index (κ3) is 7.37. The van der Waals surface area contributed by atoms with Crippen LogP contribution in [-0.2, 0) is 9.53 Å². The summed E-state index contributed by atoms with van der Waals surface area (Å²) in [5.41, 5.74) is 0. The first-order valence-corrected chi connectivity index (χ1v) is 4.46. The van der Waals surface area contributed by atoms with Gasteiger partial charge in [0.1, 0.15) is 0 Å². The van der Waals surface area contributed by atoms with Crippen LogP contribution < -0.4 is 0 Å². The predicted molar refractivity (Wildman–Crippen MR) is 45.4 cm³/mol. The quantitative estimate of drug-likeness (QED) is 0.438. The van der Waals surface area contributed by atoms with Gasteiger partial charge in [-0.05, 0) is 13.3 Å². The second-order valence-corrected chi connectivity index (χ2v) is 2.62. The maximum atomic E-state index is 10.8. The summed E-state index contributed by atoms with van der Waals surface area (Å²) in [7, 11) is 0. The molecule has 0 spiro atoms. The Bertz CT molecular complexity index is 99.7. The van der Waals surface area contributed by atoms with E-state index in [0.717, 1.165) is 12.8 Å². The van der Waals surface area contributed by atoms with Crippen LogP contribution in [0, 0.1) is 0 Å². The van der Waals surface area contributed by atoms with Gasteiger partial charge in [0.05, 0.1) is 6.61 Å². The molecule has 0 rings (SSSR count). The van der Waals surface area contributed by atoms with Crippen molar-refractivity contribution in [1.82, 2.24) is 0 Å². The molecule has 0 radical (unpaired) electrons. The van der Waals surface area contributed by atoms with Crippen LogP contribution in [0.25, 0.3) is 0 Å². The highest BCUT2D eigenvalue weighted by Crippen LogP contribution is 2.02. The Morgan fingerprint density at radius 3 is 2.45 bits per heavy atom. The lowest BCUT2D eigenvalue weighted by Gasteiger charge is -2.00. The minimum Gasteiger partial charge on any atom is -0.466 e. The van der Waals surface area contributed by atoms with Gasteiger partial charge in [0.2, 0.25) is 0 Å². The van der Waals surface area contributed by atoms with Gasteiger partial charge in [-0.3, -0.25) is 4.79 Å². The average molecular weight is 158 g/mol. The van der Waals surface area contributed by atoms with E-state index < -0.39 is 0 Å². The summed E-state index contributed by atoms with van der Waals surface area (Å²) in [6, 6.07) is 0. The summed E-state index contributed by atoms with van der Waals surface area (Å²) >= 11 is 0. The monoisotopic (exact) mass is 158 g/mol. The molecule has 0 aliphatic rings. The first-order chi connectivity index (χ1) is 5.31. The van der Waals surface area contributed by atoms with Crippen LogP contribution in [0.5, 0.6) is 0 Å². The molecule has 0 aromatic rings. The largest absolute Gasteiger partial charge is 0.466 e.